The minimum Gasteiger partial charge on any atom is -0.492 e. The minimum atomic E-state index is -3.57. The third-order valence-corrected chi connectivity index (χ3v) is 5.22. The van der Waals surface area contributed by atoms with Crippen LogP contribution in [0.1, 0.15) is 24.5 Å². The minimum absolute atomic E-state index is 0.0274. The van der Waals surface area contributed by atoms with Gasteiger partial charge < -0.3 is 10.1 Å². The molecule has 0 atom stereocenters. The van der Waals surface area contributed by atoms with Gasteiger partial charge in [-0.1, -0.05) is 24.3 Å². The molecular formula is C20H26N2O4S. The zero-order valence-corrected chi connectivity index (χ0v) is 17.0. The second-order valence-electron chi connectivity index (χ2n) is 6.35. The van der Waals surface area contributed by atoms with Crippen molar-refractivity contribution < 1.29 is 17.9 Å². The number of para-hydroxylation sites is 2. The number of carbonyl (C=O) groups is 1. The maximum Gasteiger partial charge on any atom is 0.232 e. The Morgan fingerprint density at radius 1 is 1.15 bits per heavy atom. The SMILES string of the molecule is CCOc1ccccc1N(CCC(=O)Nc1cc(C)ccc1C)S(C)(=O)=O. The Balaban J connectivity index is 2.16. The number of hydrogen-bond donors (Lipinski definition) is 1. The molecule has 0 aliphatic heterocycles. The smallest absolute Gasteiger partial charge is 0.232 e. The maximum absolute atomic E-state index is 12.4. The highest BCUT2D eigenvalue weighted by Crippen LogP contribution is 2.30. The van der Waals surface area contributed by atoms with E-state index in [0.29, 0.717) is 18.0 Å². The first-order valence-corrected chi connectivity index (χ1v) is 10.6. The number of carbonyl (C=O) groups excluding carboxylic acids is 1. The Morgan fingerprint density at radius 2 is 1.85 bits per heavy atom. The molecule has 2 rings (SSSR count). The Bertz CT molecular complexity index is 910. The number of benzene rings is 2. The zero-order chi connectivity index (χ0) is 20.0. The van der Waals surface area contributed by atoms with Gasteiger partial charge in [0.05, 0.1) is 18.6 Å². The molecule has 27 heavy (non-hydrogen) atoms. The molecule has 0 aliphatic rings. The van der Waals surface area contributed by atoms with E-state index in [4.69, 9.17) is 4.74 Å². The van der Waals surface area contributed by atoms with E-state index >= 15 is 0 Å². The van der Waals surface area contributed by atoms with E-state index in [2.05, 4.69) is 5.32 Å². The normalized spacial score (nSPS) is 11.1. The summed E-state index contributed by atoms with van der Waals surface area (Å²) >= 11 is 0. The topological polar surface area (TPSA) is 75.7 Å². The van der Waals surface area contributed by atoms with Gasteiger partial charge in [0.25, 0.3) is 0 Å². The second-order valence-corrected chi connectivity index (χ2v) is 8.26. The molecular weight excluding hydrogens is 364 g/mol. The lowest BCUT2D eigenvalue weighted by Crippen LogP contribution is -2.33. The maximum atomic E-state index is 12.4. The molecule has 2 aromatic carbocycles. The van der Waals surface area contributed by atoms with Gasteiger partial charge in [0.15, 0.2) is 0 Å². The van der Waals surface area contributed by atoms with Gasteiger partial charge in [-0.05, 0) is 50.1 Å². The summed E-state index contributed by atoms with van der Waals surface area (Å²) in [7, 11) is -3.57. The molecule has 0 aliphatic carbocycles. The number of sulfonamides is 1. The fourth-order valence-electron chi connectivity index (χ4n) is 2.69. The van der Waals surface area contributed by atoms with E-state index in [-0.39, 0.29) is 18.9 Å². The van der Waals surface area contributed by atoms with Gasteiger partial charge in [-0.15, -0.1) is 0 Å². The summed E-state index contributed by atoms with van der Waals surface area (Å²) in [4.78, 5) is 12.4. The molecule has 0 aromatic heterocycles. The summed E-state index contributed by atoms with van der Waals surface area (Å²) in [5.74, 6) is 0.228. The number of aryl methyl sites for hydroxylation is 2. The van der Waals surface area contributed by atoms with Crippen LogP contribution in [0.25, 0.3) is 0 Å². The van der Waals surface area contributed by atoms with Gasteiger partial charge in [0.2, 0.25) is 15.9 Å². The van der Waals surface area contributed by atoms with Crippen molar-refractivity contribution in [1.29, 1.82) is 0 Å². The number of anilines is 2. The van der Waals surface area contributed by atoms with E-state index in [1.165, 1.54) is 4.31 Å². The zero-order valence-electron chi connectivity index (χ0n) is 16.2. The standard InChI is InChI=1S/C20H26N2O4S/c1-5-26-19-9-7-6-8-18(19)22(27(4,24)25)13-12-20(23)21-17-14-15(2)10-11-16(17)3/h6-11,14H,5,12-13H2,1-4H3,(H,21,23). The van der Waals surface area contributed by atoms with Crippen LogP contribution in [0.5, 0.6) is 5.75 Å². The van der Waals surface area contributed by atoms with Crippen molar-refractivity contribution in [3.8, 4) is 5.75 Å². The van der Waals surface area contributed by atoms with E-state index in [0.717, 1.165) is 23.1 Å². The van der Waals surface area contributed by atoms with Crippen LogP contribution in [0.3, 0.4) is 0 Å². The van der Waals surface area contributed by atoms with Crippen LogP contribution in [-0.4, -0.2) is 33.7 Å². The Hall–Kier alpha value is -2.54. The number of nitrogens with one attached hydrogen (secondary N) is 1. The van der Waals surface area contributed by atoms with Gasteiger partial charge in [0, 0.05) is 18.7 Å². The number of hydrogen-bond acceptors (Lipinski definition) is 4. The Morgan fingerprint density at radius 3 is 2.52 bits per heavy atom. The largest absolute Gasteiger partial charge is 0.492 e. The molecule has 0 radical (unpaired) electrons. The molecule has 0 fully saturated rings. The van der Waals surface area contributed by atoms with Crippen molar-refractivity contribution >= 4 is 27.3 Å². The summed E-state index contributed by atoms with van der Waals surface area (Å²) in [6, 6.07) is 12.7. The monoisotopic (exact) mass is 390 g/mol. The van der Waals surface area contributed by atoms with Crippen molar-refractivity contribution in [3.63, 3.8) is 0 Å². The molecule has 0 saturated heterocycles. The van der Waals surface area contributed by atoms with Gasteiger partial charge >= 0.3 is 0 Å². The van der Waals surface area contributed by atoms with Crippen LogP contribution < -0.4 is 14.4 Å². The molecule has 1 N–H and O–H groups in total. The van der Waals surface area contributed by atoms with E-state index in [9.17, 15) is 13.2 Å². The first-order chi connectivity index (χ1) is 12.7. The highest BCUT2D eigenvalue weighted by atomic mass is 32.2. The Kier molecular flexibility index (Phi) is 6.85. The third-order valence-electron chi connectivity index (χ3n) is 4.04. The predicted molar refractivity (Wildman–Crippen MR) is 109 cm³/mol. The van der Waals surface area contributed by atoms with Crippen molar-refractivity contribution in [2.75, 3.05) is 29.0 Å². The highest BCUT2D eigenvalue weighted by molar-refractivity contribution is 7.92. The lowest BCUT2D eigenvalue weighted by Gasteiger charge is -2.24. The summed E-state index contributed by atoms with van der Waals surface area (Å²) in [6.45, 7) is 6.14. The lowest BCUT2D eigenvalue weighted by molar-refractivity contribution is -0.116. The van der Waals surface area contributed by atoms with Gasteiger partial charge in [-0.2, -0.15) is 0 Å². The lowest BCUT2D eigenvalue weighted by atomic mass is 10.1. The van der Waals surface area contributed by atoms with E-state index in [1.807, 2.05) is 39.0 Å². The summed E-state index contributed by atoms with van der Waals surface area (Å²) in [5, 5.41) is 2.86. The van der Waals surface area contributed by atoms with Crippen LogP contribution in [0.4, 0.5) is 11.4 Å². The van der Waals surface area contributed by atoms with Crippen molar-refractivity contribution in [2.45, 2.75) is 27.2 Å². The third kappa shape index (κ3) is 5.72. The summed E-state index contributed by atoms with van der Waals surface area (Å²) in [6.07, 6.45) is 1.15. The molecule has 0 heterocycles. The first kappa shape index (κ1) is 20.8. The predicted octanol–water partition coefficient (Wildman–Crippen LogP) is 3.50. The average Bonchev–Trinajstić information content (AvgIpc) is 2.59. The van der Waals surface area contributed by atoms with Gasteiger partial charge in [0.1, 0.15) is 5.75 Å². The molecule has 0 spiro atoms. The summed E-state index contributed by atoms with van der Waals surface area (Å²) in [5.41, 5.74) is 3.16. The van der Waals surface area contributed by atoms with Crippen LogP contribution in [-0.2, 0) is 14.8 Å². The second kappa shape index (κ2) is 8.90. The average molecular weight is 391 g/mol. The number of rotatable bonds is 8. The van der Waals surface area contributed by atoms with Crippen LogP contribution >= 0.6 is 0 Å². The molecule has 0 saturated carbocycles. The first-order valence-electron chi connectivity index (χ1n) is 8.79. The molecule has 0 unspecified atom stereocenters. The molecule has 0 bridgehead atoms. The fraction of sp³-hybridized carbons (Fsp3) is 0.350. The molecule has 2 aromatic rings. The van der Waals surface area contributed by atoms with Gasteiger partial charge in [-0.3, -0.25) is 9.10 Å². The Labute approximate surface area is 161 Å². The number of amides is 1. The number of ether oxygens (including phenoxy) is 1. The van der Waals surface area contributed by atoms with Crippen LogP contribution in [0.2, 0.25) is 0 Å². The molecule has 7 heteroatoms. The van der Waals surface area contributed by atoms with Crippen molar-refractivity contribution in [3.05, 3.63) is 53.6 Å². The van der Waals surface area contributed by atoms with Crippen molar-refractivity contribution in [1.82, 2.24) is 0 Å². The highest BCUT2D eigenvalue weighted by Gasteiger charge is 2.22. The van der Waals surface area contributed by atoms with Crippen LogP contribution in [0, 0.1) is 13.8 Å². The van der Waals surface area contributed by atoms with E-state index in [1.54, 1.807) is 24.3 Å². The number of nitrogens with zero attached hydrogens (tertiary/aromatic N) is 1. The molecule has 146 valence electrons. The fourth-order valence-corrected chi connectivity index (χ4v) is 3.62. The van der Waals surface area contributed by atoms with E-state index < -0.39 is 10.0 Å². The quantitative estimate of drug-likeness (QED) is 0.749. The van der Waals surface area contributed by atoms with Crippen LogP contribution in [0.15, 0.2) is 42.5 Å². The molecule has 6 nitrogen and oxygen atoms in total. The molecule has 1 amide bonds. The van der Waals surface area contributed by atoms with Gasteiger partial charge in [-0.25, -0.2) is 8.42 Å². The van der Waals surface area contributed by atoms with Crippen molar-refractivity contribution in [2.24, 2.45) is 0 Å². The summed E-state index contributed by atoms with van der Waals surface area (Å²) < 4.78 is 31.3.